The fourth-order valence-electron chi connectivity index (χ4n) is 2.34. The lowest BCUT2D eigenvalue weighted by Crippen LogP contribution is -2.25. The van der Waals surface area contributed by atoms with Crippen LogP contribution in [0.1, 0.15) is 21.7 Å². The molecule has 0 unspecified atom stereocenters. The van der Waals surface area contributed by atoms with Crippen molar-refractivity contribution in [3.05, 3.63) is 65.5 Å². The predicted molar refractivity (Wildman–Crippen MR) is 88.3 cm³/mol. The lowest BCUT2D eigenvalue weighted by Gasteiger charge is -2.09. The number of rotatable bonds is 5. The van der Waals surface area contributed by atoms with Gasteiger partial charge in [-0.15, -0.1) is 5.10 Å². The Morgan fingerprint density at radius 2 is 1.93 bits per heavy atom. The maximum atomic E-state index is 12.8. The van der Waals surface area contributed by atoms with Crippen molar-refractivity contribution in [3.8, 4) is 11.4 Å². The fourth-order valence-corrected chi connectivity index (χ4v) is 2.34. The number of hydrogen-bond donors (Lipinski definition) is 1. The van der Waals surface area contributed by atoms with E-state index in [-0.39, 0.29) is 12.1 Å². The number of carbonyl (C=O) groups excluding carboxylic acids is 1. The summed E-state index contributed by atoms with van der Waals surface area (Å²) in [4.78, 5) is 12.2. The number of alkyl halides is 3. The average Bonchev–Trinajstić information content (AvgIpc) is 3.14. The summed E-state index contributed by atoms with van der Waals surface area (Å²) in [6.07, 6.45) is -4.52. The fraction of sp³-hybridized carbons (Fsp3) is 0.176. The lowest BCUT2D eigenvalue weighted by molar-refractivity contribution is -0.137. The molecule has 0 saturated heterocycles. The summed E-state index contributed by atoms with van der Waals surface area (Å²) in [5, 5.41) is 13.8. The summed E-state index contributed by atoms with van der Waals surface area (Å²) in [5.74, 6) is 0.317. The van der Waals surface area contributed by atoms with Gasteiger partial charge in [-0.3, -0.25) is 4.79 Å². The highest BCUT2D eigenvalue weighted by molar-refractivity contribution is 5.94. The van der Waals surface area contributed by atoms with Gasteiger partial charge >= 0.3 is 6.18 Å². The van der Waals surface area contributed by atoms with Gasteiger partial charge in [0.25, 0.3) is 5.91 Å². The van der Waals surface area contributed by atoms with E-state index in [4.69, 9.17) is 4.74 Å². The van der Waals surface area contributed by atoms with Gasteiger partial charge in [0.1, 0.15) is 5.75 Å². The van der Waals surface area contributed by atoms with Crippen LogP contribution < -0.4 is 10.1 Å². The first kappa shape index (κ1) is 18.4. The van der Waals surface area contributed by atoms with Crippen LogP contribution in [0.5, 0.6) is 5.75 Å². The molecule has 0 atom stereocenters. The molecule has 1 heterocycles. The van der Waals surface area contributed by atoms with Crippen molar-refractivity contribution < 1.29 is 22.7 Å². The first-order chi connectivity index (χ1) is 12.9. The van der Waals surface area contributed by atoms with E-state index in [1.807, 2.05) is 0 Å². The number of amides is 1. The van der Waals surface area contributed by atoms with E-state index in [1.165, 1.54) is 16.8 Å². The molecule has 0 radical (unpaired) electrons. The smallest absolute Gasteiger partial charge is 0.416 e. The first-order valence-electron chi connectivity index (χ1n) is 7.75. The molecule has 0 fully saturated rings. The van der Waals surface area contributed by atoms with E-state index in [2.05, 4.69) is 20.8 Å². The summed E-state index contributed by atoms with van der Waals surface area (Å²) in [6, 6.07) is 11.1. The maximum absolute atomic E-state index is 12.8. The minimum atomic E-state index is -4.52. The molecular weight excluding hydrogens is 363 g/mol. The molecule has 0 aliphatic rings. The van der Waals surface area contributed by atoms with Gasteiger partial charge in [-0.25, -0.2) is 0 Å². The van der Waals surface area contributed by atoms with E-state index >= 15 is 0 Å². The highest BCUT2D eigenvalue weighted by Crippen LogP contribution is 2.29. The highest BCUT2D eigenvalue weighted by atomic mass is 19.4. The molecular formula is C17H14F3N5O2. The van der Waals surface area contributed by atoms with Gasteiger partial charge in [-0.1, -0.05) is 6.07 Å². The number of tetrazole rings is 1. The Bertz CT molecular complexity index is 938. The maximum Gasteiger partial charge on any atom is 0.416 e. The van der Waals surface area contributed by atoms with Crippen LogP contribution in [-0.2, 0) is 12.7 Å². The Morgan fingerprint density at radius 1 is 1.19 bits per heavy atom. The van der Waals surface area contributed by atoms with Crippen molar-refractivity contribution in [2.24, 2.45) is 0 Å². The molecule has 10 heteroatoms. The van der Waals surface area contributed by atoms with E-state index < -0.39 is 17.6 Å². The third-order valence-corrected chi connectivity index (χ3v) is 3.71. The molecule has 3 aromatic rings. The Balaban J connectivity index is 1.72. The molecule has 0 spiro atoms. The van der Waals surface area contributed by atoms with E-state index in [9.17, 15) is 18.0 Å². The average molecular weight is 377 g/mol. The van der Waals surface area contributed by atoms with Gasteiger partial charge in [0.05, 0.1) is 24.9 Å². The van der Waals surface area contributed by atoms with Gasteiger partial charge in [-0.2, -0.15) is 17.9 Å². The Labute approximate surface area is 151 Å². The van der Waals surface area contributed by atoms with Crippen molar-refractivity contribution in [1.82, 2.24) is 25.5 Å². The standard InChI is InChI=1S/C17H14F3N5O2/c1-27-14-7-5-13(6-8-14)25-15(22-23-24-25)10-21-16(26)11-3-2-4-12(9-11)17(18,19)20/h2-9H,10H2,1H3,(H,21,26). The number of nitrogens with one attached hydrogen (secondary N) is 1. The van der Waals surface area contributed by atoms with Crippen LogP contribution in [0.4, 0.5) is 13.2 Å². The van der Waals surface area contributed by atoms with Gasteiger partial charge in [0, 0.05) is 5.56 Å². The summed E-state index contributed by atoms with van der Waals surface area (Å²) in [5.41, 5.74) is -0.351. The molecule has 1 N–H and O–H groups in total. The van der Waals surface area contributed by atoms with Crippen molar-refractivity contribution in [2.75, 3.05) is 7.11 Å². The first-order valence-corrected chi connectivity index (χ1v) is 7.75. The Kier molecular flexibility index (Phi) is 5.06. The number of benzene rings is 2. The second-order valence-electron chi connectivity index (χ2n) is 5.47. The quantitative estimate of drug-likeness (QED) is 0.739. The predicted octanol–water partition coefficient (Wildman–Crippen LogP) is 2.62. The van der Waals surface area contributed by atoms with Crippen LogP contribution in [0.2, 0.25) is 0 Å². The molecule has 1 aromatic heterocycles. The number of aromatic nitrogens is 4. The van der Waals surface area contributed by atoms with Crippen molar-refractivity contribution in [3.63, 3.8) is 0 Å². The Hall–Kier alpha value is -3.43. The van der Waals surface area contributed by atoms with Gasteiger partial charge in [0.15, 0.2) is 5.82 Å². The zero-order chi connectivity index (χ0) is 19.4. The van der Waals surface area contributed by atoms with Crippen LogP contribution in [0.25, 0.3) is 5.69 Å². The van der Waals surface area contributed by atoms with Crippen molar-refractivity contribution >= 4 is 5.91 Å². The summed E-state index contributed by atoms with van der Waals surface area (Å²) in [7, 11) is 1.54. The molecule has 7 nitrogen and oxygen atoms in total. The Morgan fingerprint density at radius 3 is 2.59 bits per heavy atom. The minimum absolute atomic E-state index is 0.0614. The van der Waals surface area contributed by atoms with Crippen LogP contribution in [0, 0.1) is 0 Å². The van der Waals surface area contributed by atoms with Gasteiger partial charge < -0.3 is 10.1 Å². The second kappa shape index (κ2) is 7.44. The number of nitrogens with zero attached hydrogens (tertiary/aromatic N) is 4. The van der Waals surface area contributed by atoms with E-state index in [0.717, 1.165) is 12.1 Å². The van der Waals surface area contributed by atoms with Gasteiger partial charge in [0.2, 0.25) is 0 Å². The monoisotopic (exact) mass is 377 g/mol. The molecule has 140 valence electrons. The molecule has 0 saturated carbocycles. The van der Waals surface area contributed by atoms with Gasteiger partial charge in [-0.05, 0) is 52.9 Å². The second-order valence-corrected chi connectivity index (χ2v) is 5.47. The zero-order valence-electron chi connectivity index (χ0n) is 14.1. The lowest BCUT2D eigenvalue weighted by atomic mass is 10.1. The summed E-state index contributed by atoms with van der Waals surface area (Å²) in [6.45, 7) is -0.0614. The van der Waals surface area contributed by atoms with Crippen LogP contribution >= 0.6 is 0 Å². The molecule has 1 amide bonds. The van der Waals surface area contributed by atoms with E-state index in [0.29, 0.717) is 17.3 Å². The SMILES string of the molecule is COc1ccc(-n2nnnc2CNC(=O)c2cccc(C(F)(F)F)c2)cc1. The summed E-state index contributed by atoms with van der Waals surface area (Å²) >= 11 is 0. The van der Waals surface area contributed by atoms with Crippen molar-refractivity contribution in [2.45, 2.75) is 12.7 Å². The molecule has 0 aliphatic heterocycles. The number of carbonyl (C=O) groups is 1. The number of hydrogen-bond acceptors (Lipinski definition) is 5. The van der Waals surface area contributed by atoms with Crippen LogP contribution in [0.15, 0.2) is 48.5 Å². The molecule has 2 aromatic carbocycles. The van der Waals surface area contributed by atoms with Crippen LogP contribution in [0.3, 0.4) is 0 Å². The third-order valence-electron chi connectivity index (χ3n) is 3.71. The highest BCUT2D eigenvalue weighted by Gasteiger charge is 2.30. The molecule has 3 rings (SSSR count). The molecule has 0 aliphatic carbocycles. The van der Waals surface area contributed by atoms with E-state index in [1.54, 1.807) is 31.4 Å². The zero-order valence-corrected chi connectivity index (χ0v) is 14.1. The molecule has 0 bridgehead atoms. The molecule has 27 heavy (non-hydrogen) atoms. The third kappa shape index (κ3) is 4.22. The number of ether oxygens (including phenoxy) is 1. The topological polar surface area (TPSA) is 81.9 Å². The van der Waals surface area contributed by atoms with Crippen LogP contribution in [-0.4, -0.2) is 33.2 Å². The number of halogens is 3. The minimum Gasteiger partial charge on any atom is -0.497 e. The number of methoxy groups -OCH3 is 1. The van der Waals surface area contributed by atoms with Crippen molar-refractivity contribution in [1.29, 1.82) is 0 Å². The largest absolute Gasteiger partial charge is 0.497 e. The summed E-state index contributed by atoms with van der Waals surface area (Å²) < 4.78 is 44.8. The normalized spacial score (nSPS) is 11.3.